The molecule has 1 N–H and O–H groups in total. The highest BCUT2D eigenvalue weighted by Crippen LogP contribution is 2.28. The lowest BCUT2D eigenvalue weighted by Crippen LogP contribution is -2.30. The topological polar surface area (TPSA) is 66.5 Å². The van der Waals surface area contributed by atoms with E-state index in [1.54, 1.807) is 12.5 Å². The summed E-state index contributed by atoms with van der Waals surface area (Å²) in [7, 11) is 0. The highest BCUT2D eigenvalue weighted by Gasteiger charge is 2.27. The van der Waals surface area contributed by atoms with Gasteiger partial charge >= 0.3 is 0 Å². The van der Waals surface area contributed by atoms with E-state index in [1.807, 2.05) is 10.6 Å². The van der Waals surface area contributed by atoms with E-state index in [1.165, 1.54) is 6.42 Å². The second kappa shape index (κ2) is 4.89. The molecular weight excluding hydrogens is 230 g/mol. The van der Waals surface area contributed by atoms with Crippen LogP contribution < -0.4 is 4.90 Å². The Labute approximate surface area is 105 Å². The molecule has 1 saturated heterocycles. The zero-order chi connectivity index (χ0) is 12.4. The van der Waals surface area contributed by atoms with Gasteiger partial charge in [-0.05, 0) is 25.7 Å². The number of aromatic nitrogens is 4. The van der Waals surface area contributed by atoms with E-state index in [-0.39, 0.29) is 6.61 Å². The summed E-state index contributed by atoms with van der Waals surface area (Å²) in [6.45, 7) is 1.27. The van der Waals surface area contributed by atoms with Gasteiger partial charge in [-0.25, -0.2) is 4.98 Å². The minimum Gasteiger partial charge on any atom is -0.396 e. The van der Waals surface area contributed by atoms with Gasteiger partial charge in [0, 0.05) is 31.6 Å². The number of hydrogen-bond acceptors (Lipinski definition) is 5. The molecular formula is C12H17N5O. The SMILES string of the molecule is OCCCC1CCCN1c1nccn2cnnc12. The third-order valence-electron chi connectivity index (χ3n) is 3.54. The molecule has 0 amide bonds. The maximum absolute atomic E-state index is 8.96. The van der Waals surface area contributed by atoms with Crippen molar-refractivity contribution < 1.29 is 5.11 Å². The van der Waals surface area contributed by atoms with E-state index in [0.29, 0.717) is 6.04 Å². The van der Waals surface area contributed by atoms with E-state index in [0.717, 1.165) is 37.3 Å². The van der Waals surface area contributed by atoms with Crippen LogP contribution in [0.5, 0.6) is 0 Å². The van der Waals surface area contributed by atoms with Crippen LogP contribution >= 0.6 is 0 Å². The number of anilines is 1. The number of rotatable bonds is 4. The molecule has 6 nitrogen and oxygen atoms in total. The van der Waals surface area contributed by atoms with E-state index in [9.17, 15) is 0 Å². The molecule has 1 atom stereocenters. The summed E-state index contributed by atoms with van der Waals surface area (Å²) in [5, 5.41) is 17.0. The van der Waals surface area contributed by atoms with Crippen LogP contribution in [0.25, 0.3) is 5.65 Å². The number of hydrogen-bond donors (Lipinski definition) is 1. The molecule has 1 aliphatic heterocycles. The van der Waals surface area contributed by atoms with Crippen molar-refractivity contribution in [3.8, 4) is 0 Å². The highest BCUT2D eigenvalue weighted by atomic mass is 16.2. The molecule has 0 radical (unpaired) electrons. The Morgan fingerprint density at radius 3 is 3.28 bits per heavy atom. The van der Waals surface area contributed by atoms with Crippen molar-refractivity contribution >= 4 is 11.5 Å². The first-order valence-electron chi connectivity index (χ1n) is 6.42. The summed E-state index contributed by atoms with van der Waals surface area (Å²) in [6.07, 6.45) is 9.53. The molecule has 0 aliphatic carbocycles. The molecule has 3 heterocycles. The van der Waals surface area contributed by atoms with Crippen LogP contribution in [0.15, 0.2) is 18.7 Å². The summed E-state index contributed by atoms with van der Waals surface area (Å²) in [5.41, 5.74) is 0.813. The van der Waals surface area contributed by atoms with Crippen LogP contribution in [-0.2, 0) is 0 Å². The van der Waals surface area contributed by atoms with Gasteiger partial charge < -0.3 is 10.0 Å². The third kappa shape index (κ3) is 1.92. The van der Waals surface area contributed by atoms with E-state index in [4.69, 9.17) is 5.11 Å². The largest absolute Gasteiger partial charge is 0.396 e. The van der Waals surface area contributed by atoms with Crippen LogP contribution in [0, 0.1) is 0 Å². The lowest BCUT2D eigenvalue weighted by molar-refractivity contribution is 0.279. The second-order valence-corrected chi connectivity index (χ2v) is 4.67. The minimum absolute atomic E-state index is 0.257. The zero-order valence-corrected chi connectivity index (χ0v) is 10.2. The first kappa shape index (κ1) is 11.4. The Hall–Kier alpha value is -1.69. The van der Waals surface area contributed by atoms with Crippen molar-refractivity contribution in [3.63, 3.8) is 0 Å². The van der Waals surface area contributed by atoms with E-state index < -0.39 is 0 Å². The number of aliphatic hydroxyl groups excluding tert-OH is 1. The molecule has 2 aromatic rings. The summed E-state index contributed by atoms with van der Waals surface area (Å²) >= 11 is 0. The number of nitrogens with zero attached hydrogens (tertiary/aromatic N) is 5. The first-order valence-corrected chi connectivity index (χ1v) is 6.42. The first-order chi connectivity index (χ1) is 8.90. The predicted octanol–water partition coefficient (Wildman–Crippen LogP) is 0.866. The smallest absolute Gasteiger partial charge is 0.203 e. The monoisotopic (exact) mass is 247 g/mol. The zero-order valence-electron chi connectivity index (χ0n) is 10.2. The van der Waals surface area contributed by atoms with Gasteiger partial charge in [0.25, 0.3) is 0 Å². The second-order valence-electron chi connectivity index (χ2n) is 4.67. The van der Waals surface area contributed by atoms with Gasteiger partial charge in [-0.15, -0.1) is 10.2 Å². The van der Waals surface area contributed by atoms with Crippen LogP contribution in [0.1, 0.15) is 25.7 Å². The fourth-order valence-electron chi connectivity index (χ4n) is 2.69. The highest BCUT2D eigenvalue weighted by molar-refractivity contribution is 5.64. The van der Waals surface area contributed by atoms with Crippen LogP contribution in [-0.4, -0.2) is 43.9 Å². The number of fused-ring (bicyclic) bond motifs is 1. The normalized spacial score (nSPS) is 19.8. The molecule has 3 rings (SSSR count). The molecule has 18 heavy (non-hydrogen) atoms. The van der Waals surface area contributed by atoms with E-state index in [2.05, 4.69) is 20.1 Å². The van der Waals surface area contributed by atoms with Crippen LogP contribution in [0.2, 0.25) is 0 Å². The molecule has 1 unspecified atom stereocenters. The quantitative estimate of drug-likeness (QED) is 0.868. The van der Waals surface area contributed by atoms with E-state index >= 15 is 0 Å². The molecule has 96 valence electrons. The third-order valence-corrected chi connectivity index (χ3v) is 3.54. The Morgan fingerprint density at radius 2 is 2.39 bits per heavy atom. The van der Waals surface area contributed by atoms with Gasteiger partial charge in [0.2, 0.25) is 5.65 Å². The molecule has 6 heteroatoms. The van der Waals surface area contributed by atoms with Crippen molar-refractivity contribution in [2.24, 2.45) is 0 Å². The Bertz CT molecular complexity index is 526. The Kier molecular flexibility index (Phi) is 3.10. The van der Waals surface area contributed by atoms with Crippen molar-refractivity contribution in [2.75, 3.05) is 18.1 Å². The summed E-state index contributed by atoms with van der Waals surface area (Å²) in [5.74, 6) is 0.912. The summed E-state index contributed by atoms with van der Waals surface area (Å²) in [6, 6.07) is 0.465. The van der Waals surface area contributed by atoms with Crippen molar-refractivity contribution in [1.82, 2.24) is 19.6 Å². The van der Waals surface area contributed by atoms with Gasteiger partial charge in [0.15, 0.2) is 5.82 Å². The fraction of sp³-hybridized carbons (Fsp3) is 0.583. The minimum atomic E-state index is 0.257. The molecule has 0 saturated carbocycles. The average molecular weight is 247 g/mol. The molecule has 1 fully saturated rings. The molecule has 0 aromatic carbocycles. The summed E-state index contributed by atoms with van der Waals surface area (Å²) < 4.78 is 1.89. The van der Waals surface area contributed by atoms with Gasteiger partial charge in [0.1, 0.15) is 6.33 Å². The molecule has 2 aromatic heterocycles. The van der Waals surface area contributed by atoms with Gasteiger partial charge in [-0.2, -0.15) is 0 Å². The maximum atomic E-state index is 8.96. The van der Waals surface area contributed by atoms with Crippen molar-refractivity contribution in [2.45, 2.75) is 31.7 Å². The lowest BCUT2D eigenvalue weighted by atomic mass is 10.1. The van der Waals surface area contributed by atoms with Crippen molar-refractivity contribution in [1.29, 1.82) is 0 Å². The molecule has 0 spiro atoms. The van der Waals surface area contributed by atoms with Gasteiger partial charge in [-0.1, -0.05) is 0 Å². The Morgan fingerprint density at radius 1 is 1.44 bits per heavy atom. The summed E-state index contributed by atoms with van der Waals surface area (Å²) in [4.78, 5) is 6.76. The van der Waals surface area contributed by atoms with Gasteiger partial charge in [0.05, 0.1) is 0 Å². The molecule has 0 bridgehead atoms. The Balaban J connectivity index is 1.90. The standard InChI is InChI=1S/C12H17N5O/c18-8-2-4-10-3-1-6-17(10)11-12-15-14-9-16(12)7-5-13-11/h5,7,9-10,18H,1-4,6,8H2. The predicted molar refractivity (Wildman–Crippen MR) is 67.5 cm³/mol. The van der Waals surface area contributed by atoms with Crippen LogP contribution in [0.3, 0.4) is 0 Å². The van der Waals surface area contributed by atoms with Gasteiger partial charge in [-0.3, -0.25) is 4.40 Å². The van der Waals surface area contributed by atoms with Crippen molar-refractivity contribution in [3.05, 3.63) is 18.7 Å². The maximum Gasteiger partial charge on any atom is 0.203 e. The number of aliphatic hydroxyl groups is 1. The fourth-order valence-corrected chi connectivity index (χ4v) is 2.69. The lowest BCUT2D eigenvalue weighted by Gasteiger charge is -2.25. The average Bonchev–Trinajstić information content (AvgIpc) is 3.04. The molecule has 1 aliphatic rings. The van der Waals surface area contributed by atoms with Crippen LogP contribution in [0.4, 0.5) is 5.82 Å².